The Bertz CT molecular complexity index is 339. The summed E-state index contributed by atoms with van der Waals surface area (Å²) in [5.41, 5.74) is 1.10. The van der Waals surface area contributed by atoms with Crippen LogP contribution in [0.25, 0.3) is 6.08 Å². The van der Waals surface area contributed by atoms with Gasteiger partial charge in [0.15, 0.2) is 0 Å². The highest BCUT2D eigenvalue weighted by Crippen LogP contribution is 2.18. The van der Waals surface area contributed by atoms with Gasteiger partial charge >= 0.3 is 0 Å². The molecule has 4 heteroatoms. The monoisotopic (exact) mass is 220 g/mol. The van der Waals surface area contributed by atoms with E-state index in [4.69, 9.17) is 0 Å². The fourth-order valence-electron chi connectivity index (χ4n) is 1.64. The summed E-state index contributed by atoms with van der Waals surface area (Å²) in [5, 5.41) is 11.5. The molecule has 1 aliphatic carbocycles. The third kappa shape index (κ3) is 3.45. The Morgan fingerprint density at radius 2 is 2.44 bits per heavy atom. The van der Waals surface area contributed by atoms with Gasteiger partial charge in [-0.25, -0.2) is 4.68 Å². The molecular weight excluding hydrogens is 200 g/mol. The van der Waals surface area contributed by atoms with Gasteiger partial charge in [0.25, 0.3) is 0 Å². The molecular formula is C12H20N4. The van der Waals surface area contributed by atoms with Crippen LogP contribution in [-0.2, 0) is 6.54 Å². The molecule has 1 saturated carbocycles. The summed E-state index contributed by atoms with van der Waals surface area (Å²) >= 11 is 0. The zero-order valence-corrected chi connectivity index (χ0v) is 9.89. The quantitative estimate of drug-likeness (QED) is 0.713. The van der Waals surface area contributed by atoms with E-state index in [0.717, 1.165) is 37.7 Å². The number of aromatic nitrogens is 3. The van der Waals surface area contributed by atoms with Crippen molar-refractivity contribution < 1.29 is 0 Å². The molecule has 0 aliphatic heterocycles. The van der Waals surface area contributed by atoms with Gasteiger partial charge in [0.1, 0.15) is 0 Å². The van der Waals surface area contributed by atoms with Gasteiger partial charge in [-0.2, -0.15) is 0 Å². The molecule has 1 aromatic rings. The molecule has 16 heavy (non-hydrogen) atoms. The maximum atomic E-state index is 4.04. The number of aryl methyl sites for hydroxylation is 1. The van der Waals surface area contributed by atoms with Crippen LogP contribution in [-0.4, -0.2) is 27.6 Å². The first kappa shape index (κ1) is 11.3. The van der Waals surface area contributed by atoms with E-state index in [1.807, 2.05) is 10.9 Å². The summed E-state index contributed by atoms with van der Waals surface area (Å²) in [4.78, 5) is 0. The lowest BCUT2D eigenvalue weighted by atomic mass is 10.3. The number of nitrogens with zero attached hydrogens (tertiary/aromatic N) is 3. The van der Waals surface area contributed by atoms with Crippen LogP contribution < -0.4 is 5.32 Å². The van der Waals surface area contributed by atoms with Crippen LogP contribution in [0, 0.1) is 0 Å². The Kier molecular flexibility index (Phi) is 4.10. The van der Waals surface area contributed by atoms with Crippen LogP contribution in [0.5, 0.6) is 0 Å². The van der Waals surface area contributed by atoms with Crippen molar-refractivity contribution in [3.05, 3.63) is 18.0 Å². The van der Waals surface area contributed by atoms with Gasteiger partial charge in [0.05, 0.1) is 11.9 Å². The molecule has 1 fully saturated rings. The van der Waals surface area contributed by atoms with Crippen molar-refractivity contribution in [2.75, 3.05) is 6.54 Å². The first-order chi connectivity index (χ1) is 7.90. The van der Waals surface area contributed by atoms with E-state index < -0.39 is 0 Å². The zero-order chi connectivity index (χ0) is 11.2. The number of nitrogens with one attached hydrogen (secondary N) is 1. The maximum Gasteiger partial charge on any atom is 0.0810 e. The molecule has 0 atom stereocenters. The van der Waals surface area contributed by atoms with E-state index in [1.54, 1.807) is 0 Å². The molecule has 2 rings (SSSR count). The second kappa shape index (κ2) is 5.80. The molecule has 1 N–H and O–H groups in total. The van der Waals surface area contributed by atoms with Crippen molar-refractivity contribution in [1.29, 1.82) is 0 Å². The SMILES string of the molecule is CCCn1nncc1/C=C/CCNC1CC1. The maximum absolute atomic E-state index is 4.04. The molecule has 0 saturated heterocycles. The second-order valence-corrected chi connectivity index (χ2v) is 4.30. The Hall–Kier alpha value is -1.16. The predicted octanol–water partition coefficient (Wildman–Crippen LogP) is 1.84. The highest BCUT2D eigenvalue weighted by Gasteiger charge is 2.19. The van der Waals surface area contributed by atoms with Crippen LogP contribution in [0.15, 0.2) is 12.3 Å². The highest BCUT2D eigenvalue weighted by atomic mass is 15.4. The lowest BCUT2D eigenvalue weighted by Crippen LogP contribution is -2.16. The van der Waals surface area contributed by atoms with Crippen molar-refractivity contribution in [2.24, 2.45) is 0 Å². The minimum Gasteiger partial charge on any atom is -0.314 e. The normalized spacial score (nSPS) is 16.1. The molecule has 0 bridgehead atoms. The zero-order valence-electron chi connectivity index (χ0n) is 9.89. The van der Waals surface area contributed by atoms with Gasteiger partial charge in [0.2, 0.25) is 0 Å². The molecule has 88 valence electrons. The average Bonchev–Trinajstić information content (AvgIpc) is 3.00. The Morgan fingerprint density at radius 1 is 1.56 bits per heavy atom. The third-order valence-corrected chi connectivity index (χ3v) is 2.69. The topological polar surface area (TPSA) is 42.7 Å². The molecule has 1 aliphatic rings. The van der Waals surface area contributed by atoms with Crippen LogP contribution in [0.4, 0.5) is 0 Å². The van der Waals surface area contributed by atoms with Crippen LogP contribution in [0.1, 0.15) is 38.3 Å². The number of rotatable bonds is 7. The first-order valence-corrected chi connectivity index (χ1v) is 6.18. The van der Waals surface area contributed by atoms with Gasteiger partial charge in [-0.15, -0.1) is 5.10 Å². The van der Waals surface area contributed by atoms with Gasteiger partial charge < -0.3 is 5.32 Å². The van der Waals surface area contributed by atoms with E-state index >= 15 is 0 Å². The van der Waals surface area contributed by atoms with Gasteiger partial charge in [-0.05, 0) is 38.3 Å². The van der Waals surface area contributed by atoms with Crippen LogP contribution in [0.2, 0.25) is 0 Å². The van der Waals surface area contributed by atoms with Crippen molar-refractivity contribution in [1.82, 2.24) is 20.3 Å². The molecule has 0 radical (unpaired) electrons. The van der Waals surface area contributed by atoms with Gasteiger partial charge in [-0.1, -0.05) is 18.2 Å². The van der Waals surface area contributed by atoms with Crippen LogP contribution in [0.3, 0.4) is 0 Å². The summed E-state index contributed by atoms with van der Waals surface area (Å²) in [6, 6.07) is 0.806. The fourth-order valence-corrected chi connectivity index (χ4v) is 1.64. The predicted molar refractivity (Wildman–Crippen MR) is 65.0 cm³/mol. The minimum absolute atomic E-state index is 0.806. The molecule has 1 aromatic heterocycles. The Balaban J connectivity index is 1.73. The Labute approximate surface area is 96.7 Å². The largest absolute Gasteiger partial charge is 0.314 e. The summed E-state index contributed by atoms with van der Waals surface area (Å²) in [6.07, 6.45) is 11.0. The lowest BCUT2D eigenvalue weighted by Gasteiger charge is -2.00. The second-order valence-electron chi connectivity index (χ2n) is 4.30. The standard InChI is InChI=1S/C12H20N4/c1-2-9-16-12(10-14-15-16)5-3-4-8-13-11-6-7-11/h3,5,10-11,13H,2,4,6-9H2,1H3/b5-3+. The molecule has 1 heterocycles. The van der Waals surface area contributed by atoms with Crippen molar-refractivity contribution in [2.45, 2.75) is 45.2 Å². The van der Waals surface area contributed by atoms with Crippen molar-refractivity contribution >= 4 is 6.08 Å². The van der Waals surface area contributed by atoms with Gasteiger partial charge in [-0.3, -0.25) is 0 Å². The summed E-state index contributed by atoms with van der Waals surface area (Å²) < 4.78 is 1.95. The van der Waals surface area contributed by atoms with E-state index in [0.29, 0.717) is 0 Å². The first-order valence-electron chi connectivity index (χ1n) is 6.18. The molecule has 0 amide bonds. The Morgan fingerprint density at radius 3 is 3.19 bits per heavy atom. The fraction of sp³-hybridized carbons (Fsp3) is 0.667. The lowest BCUT2D eigenvalue weighted by molar-refractivity contribution is 0.575. The van der Waals surface area contributed by atoms with Crippen molar-refractivity contribution in [3.8, 4) is 0 Å². The van der Waals surface area contributed by atoms with Crippen molar-refractivity contribution in [3.63, 3.8) is 0 Å². The third-order valence-electron chi connectivity index (χ3n) is 2.69. The molecule has 0 spiro atoms. The van der Waals surface area contributed by atoms with E-state index in [-0.39, 0.29) is 0 Å². The van der Waals surface area contributed by atoms with Gasteiger partial charge in [0, 0.05) is 12.6 Å². The van der Waals surface area contributed by atoms with E-state index in [1.165, 1.54) is 12.8 Å². The summed E-state index contributed by atoms with van der Waals surface area (Å²) in [5.74, 6) is 0. The molecule has 0 unspecified atom stereocenters. The summed E-state index contributed by atoms with van der Waals surface area (Å²) in [7, 11) is 0. The minimum atomic E-state index is 0.806. The van der Waals surface area contributed by atoms with E-state index in [2.05, 4.69) is 34.7 Å². The van der Waals surface area contributed by atoms with Crippen LogP contribution >= 0.6 is 0 Å². The number of hydrogen-bond donors (Lipinski definition) is 1. The highest BCUT2D eigenvalue weighted by molar-refractivity contribution is 5.42. The number of hydrogen-bond acceptors (Lipinski definition) is 3. The summed E-state index contributed by atoms with van der Waals surface area (Å²) in [6.45, 7) is 4.17. The van der Waals surface area contributed by atoms with E-state index in [9.17, 15) is 0 Å². The molecule has 4 nitrogen and oxygen atoms in total. The average molecular weight is 220 g/mol. The molecule has 0 aromatic carbocycles. The smallest absolute Gasteiger partial charge is 0.0810 e.